The first-order valence-corrected chi connectivity index (χ1v) is 7.36. The van der Waals surface area contributed by atoms with Crippen LogP contribution in [0.25, 0.3) is 0 Å². The van der Waals surface area contributed by atoms with Crippen LogP contribution in [0, 0.1) is 0 Å². The van der Waals surface area contributed by atoms with Gasteiger partial charge in [-0.1, -0.05) is 38.5 Å². The van der Waals surface area contributed by atoms with Crippen LogP contribution in [-0.2, 0) is 9.53 Å². The molecule has 0 saturated carbocycles. The zero-order chi connectivity index (χ0) is 13.6. The van der Waals surface area contributed by atoms with Gasteiger partial charge in [0.25, 0.3) is 0 Å². The van der Waals surface area contributed by atoms with Gasteiger partial charge in [-0.25, -0.2) is 4.79 Å². The highest BCUT2D eigenvalue weighted by atomic mass is 35.5. The van der Waals surface area contributed by atoms with E-state index in [1.54, 1.807) is 6.92 Å². The van der Waals surface area contributed by atoms with E-state index in [2.05, 4.69) is 0 Å². The van der Waals surface area contributed by atoms with E-state index in [4.69, 9.17) is 22.1 Å². The molecule has 0 aliphatic carbocycles. The lowest BCUT2D eigenvalue weighted by Gasteiger charge is -2.03. The summed E-state index contributed by atoms with van der Waals surface area (Å²) in [5.74, 6) is 0.443. The Labute approximate surface area is 116 Å². The molecule has 0 spiro atoms. The first kappa shape index (κ1) is 17.3. The van der Waals surface area contributed by atoms with Crippen LogP contribution in [0.5, 0.6) is 0 Å². The minimum Gasteiger partial charge on any atom is -0.462 e. The van der Waals surface area contributed by atoms with Crippen molar-refractivity contribution >= 4 is 17.6 Å². The smallest absolute Gasteiger partial charge is 0.332 e. The number of allylic oxidation sites excluding steroid dienone is 1. The minimum atomic E-state index is -0.337. The normalized spacial score (nSPS) is 11.6. The fourth-order valence-electron chi connectivity index (χ4n) is 1.66. The second-order valence-corrected chi connectivity index (χ2v) is 4.95. The Morgan fingerprint density at radius 3 is 2.06 bits per heavy atom. The van der Waals surface area contributed by atoms with E-state index in [0.29, 0.717) is 12.3 Å². The van der Waals surface area contributed by atoms with E-state index in [-0.39, 0.29) is 5.97 Å². The zero-order valence-corrected chi connectivity index (χ0v) is 12.2. The predicted molar refractivity (Wildman–Crippen MR) is 76.6 cm³/mol. The maximum absolute atomic E-state index is 11.1. The lowest BCUT2D eigenvalue weighted by molar-refractivity contribution is -0.137. The molecular formula is C14H26ClNO2. The Morgan fingerprint density at radius 2 is 1.56 bits per heavy atom. The van der Waals surface area contributed by atoms with E-state index in [9.17, 15) is 4.79 Å². The molecule has 0 rings (SSSR count). The standard InChI is InChI=1S/C14H26ClNO2/c1-13(16)12-14(17)18-11-9-7-5-3-2-4-6-8-10-15/h12H,2-11,16H2,1H3/b13-12+. The molecule has 0 saturated heterocycles. The highest BCUT2D eigenvalue weighted by molar-refractivity contribution is 6.17. The van der Waals surface area contributed by atoms with Gasteiger partial charge in [-0.15, -0.1) is 11.6 Å². The summed E-state index contributed by atoms with van der Waals surface area (Å²) in [6, 6.07) is 0. The van der Waals surface area contributed by atoms with E-state index in [1.807, 2.05) is 0 Å². The summed E-state index contributed by atoms with van der Waals surface area (Å²) in [5, 5.41) is 0. The van der Waals surface area contributed by atoms with Gasteiger partial charge in [0.1, 0.15) is 0 Å². The Bertz CT molecular complexity index is 238. The Kier molecular flexibility index (Phi) is 12.3. The molecule has 0 aliphatic heterocycles. The Morgan fingerprint density at radius 1 is 1.06 bits per heavy atom. The summed E-state index contributed by atoms with van der Waals surface area (Å²) < 4.78 is 5.00. The van der Waals surface area contributed by atoms with Crippen LogP contribution in [-0.4, -0.2) is 18.5 Å². The molecule has 0 aromatic carbocycles. The van der Waals surface area contributed by atoms with Crippen LogP contribution in [0.4, 0.5) is 0 Å². The van der Waals surface area contributed by atoms with Crippen LogP contribution in [0.1, 0.15) is 58.3 Å². The van der Waals surface area contributed by atoms with Crippen molar-refractivity contribution in [2.75, 3.05) is 12.5 Å². The molecule has 4 heteroatoms. The van der Waals surface area contributed by atoms with E-state index >= 15 is 0 Å². The van der Waals surface area contributed by atoms with Crippen molar-refractivity contribution in [3.05, 3.63) is 11.8 Å². The number of unbranched alkanes of at least 4 members (excludes halogenated alkanes) is 7. The number of hydrogen-bond donors (Lipinski definition) is 1. The third-order valence-electron chi connectivity index (χ3n) is 2.62. The van der Waals surface area contributed by atoms with Gasteiger partial charge in [0.2, 0.25) is 0 Å². The Hall–Kier alpha value is -0.700. The summed E-state index contributed by atoms with van der Waals surface area (Å²) in [5.41, 5.74) is 5.85. The summed E-state index contributed by atoms with van der Waals surface area (Å²) in [6.45, 7) is 2.17. The van der Waals surface area contributed by atoms with Gasteiger partial charge in [0.15, 0.2) is 0 Å². The molecular weight excluding hydrogens is 250 g/mol. The van der Waals surface area contributed by atoms with Crippen LogP contribution in [0.15, 0.2) is 11.8 Å². The largest absolute Gasteiger partial charge is 0.462 e. The molecule has 18 heavy (non-hydrogen) atoms. The molecule has 2 N–H and O–H groups in total. The maximum Gasteiger partial charge on any atom is 0.332 e. The summed E-state index contributed by atoms with van der Waals surface area (Å²) >= 11 is 5.60. The molecule has 106 valence electrons. The molecule has 0 atom stereocenters. The van der Waals surface area contributed by atoms with Crippen molar-refractivity contribution in [2.45, 2.75) is 58.3 Å². The topological polar surface area (TPSA) is 52.3 Å². The average Bonchev–Trinajstić information content (AvgIpc) is 2.30. The van der Waals surface area contributed by atoms with Gasteiger partial charge in [-0.2, -0.15) is 0 Å². The van der Waals surface area contributed by atoms with Crippen LogP contribution in [0.2, 0.25) is 0 Å². The number of esters is 1. The van der Waals surface area contributed by atoms with Gasteiger partial charge in [-0.3, -0.25) is 0 Å². The van der Waals surface area contributed by atoms with Gasteiger partial charge in [0, 0.05) is 17.7 Å². The van der Waals surface area contributed by atoms with Crippen LogP contribution < -0.4 is 5.73 Å². The molecule has 3 nitrogen and oxygen atoms in total. The predicted octanol–water partition coefficient (Wildman–Crippen LogP) is 3.75. The van der Waals surface area contributed by atoms with Crippen molar-refractivity contribution in [3.63, 3.8) is 0 Å². The fourth-order valence-corrected chi connectivity index (χ4v) is 1.85. The number of halogens is 1. The van der Waals surface area contributed by atoms with Crippen molar-refractivity contribution in [3.8, 4) is 0 Å². The van der Waals surface area contributed by atoms with Crippen molar-refractivity contribution in [1.82, 2.24) is 0 Å². The number of alkyl halides is 1. The van der Waals surface area contributed by atoms with Gasteiger partial charge >= 0.3 is 5.97 Å². The first-order chi connectivity index (χ1) is 8.66. The molecule has 0 fully saturated rings. The first-order valence-electron chi connectivity index (χ1n) is 6.83. The van der Waals surface area contributed by atoms with Gasteiger partial charge in [-0.05, 0) is 19.8 Å². The number of rotatable bonds is 11. The van der Waals surface area contributed by atoms with Gasteiger partial charge in [0.05, 0.1) is 6.61 Å². The van der Waals surface area contributed by atoms with Crippen molar-refractivity contribution in [1.29, 1.82) is 0 Å². The van der Waals surface area contributed by atoms with Gasteiger partial charge < -0.3 is 10.5 Å². The minimum absolute atomic E-state index is 0.337. The molecule has 0 bridgehead atoms. The molecule has 0 aromatic rings. The molecule has 0 aromatic heterocycles. The van der Waals surface area contributed by atoms with E-state index < -0.39 is 0 Å². The van der Waals surface area contributed by atoms with E-state index in [1.165, 1.54) is 38.2 Å². The molecule has 0 aliphatic rings. The monoisotopic (exact) mass is 275 g/mol. The van der Waals surface area contributed by atoms with Crippen LogP contribution in [0.3, 0.4) is 0 Å². The lowest BCUT2D eigenvalue weighted by Crippen LogP contribution is -2.05. The third kappa shape index (κ3) is 13.4. The summed E-state index contributed by atoms with van der Waals surface area (Å²) in [6.07, 6.45) is 10.8. The zero-order valence-electron chi connectivity index (χ0n) is 11.4. The number of ether oxygens (including phenoxy) is 1. The molecule has 0 amide bonds. The quantitative estimate of drug-likeness (QED) is 0.270. The number of hydrogen-bond acceptors (Lipinski definition) is 3. The Balaban J connectivity index is 3.16. The maximum atomic E-state index is 11.1. The molecule has 0 radical (unpaired) electrons. The highest BCUT2D eigenvalue weighted by Gasteiger charge is 1.98. The number of carbonyl (C=O) groups is 1. The van der Waals surface area contributed by atoms with Crippen molar-refractivity contribution < 1.29 is 9.53 Å². The average molecular weight is 276 g/mol. The fraction of sp³-hybridized carbons (Fsp3) is 0.786. The van der Waals surface area contributed by atoms with Crippen molar-refractivity contribution in [2.24, 2.45) is 5.73 Å². The number of carbonyl (C=O) groups excluding carboxylic acids is 1. The second-order valence-electron chi connectivity index (χ2n) is 4.57. The molecule has 0 unspecified atom stereocenters. The molecule has 0 heterocycles. The van der Waals surface area contributed by atoms with Crippen LogP contribution >= 0.6 is 11.6 Å². The third-order valence-corrected chi connectivity index (χ3v) is 2.89. The number of nitrogens with two attached hydrogens (primary N) is 1. The van der Waals surface area contributed by atoms with E-state index in [0.717, 1.165) is 25.1 Å². The summed E-state index contributed by atoms with van der Waals surface area (Å²) in [4.78, 5) is 11.1. The SMILES string of the molecule is C/C(N)=C\C(=O)OCCCCCCCCCCCl. The summed E-state index contributed by atoms with van der Waals surface area (Å²) in [7, 11) is 0. The second kappa shape index (κ2) is 12.7. The lowest BCUT2D eigenvalue weighted by atomic mass is 10.1. The highest BCUT2D eigenvalue weighted by Crippen LogP contribution is 2.09.